The first kappa shape index (κ1) is 25.2. The zero-order valence-corrected chi connectivity index (χ0v) is 22.1. The smallest absolute Gasteiger partial charge is 0.270 e. The number of carbonyl (C=O) groups is 2. The second-order valence-electron chi connectivity index (χ2n) is 8.87. The summed E-state index contributed by atoms with van der Waals surface area (Å²) < 4.78 is 10.5. The average molecular weight is 523 g/mol. The first-order chi connectivity index (χ1) is 18.4. The number of amides is 2. The fourth-order valence-electron chi connectivity index (χ4n) is 4.67. The standard InChI is InChI=1S/C31H26N2O4S/c1-20(26-10-6-8-22-7-4-5-9-27(22)26)32-29(34)28(19-21-11-15-24(36-2)16-12-21)30(35)33(31(32)38)23-13-17-25(37-3)18-14-23/h4-20H,1-3H3/b28-19-. The van der Waals surface area contributed by atoms with Crippen LogP contribution >= 0.6 is 12.2 Å². The predicted octanol–water partition coefficient (Wildman–Crippen LogP) is 6.16. The molecule has 4 aromatic rings. The molecule has 5 rings (SSSR count). The summed E-state index contributed by atoms with van der Waals surface area (Å²) in [5.74, 6) is 0.402. The van der Waals surface area contributed by atoms with Gasteiger partial charge in [0.2, 0.25) is 0 Å². The van der Waals surface area contributed by atoms with E-state index in [1.807, 2.05) is 49.4 Å². The summed E-state index contributed by atoms with van der Waals surface area (Å²) in [6.07, 6.45) is 1.60. The molecule has 0 N–H and O–H groups in total. The van der Waals surface area contributed by atoms with Gasteiger partial charge in [-0.3, -0.25) is 19.4 Å². The fraction of sp³-hybridized carbons (Fsp3) is 0.129. The third-order valence-electron chi connectivity index (χ3n) is 6.70. The van der Waals surface area contributed by atoms with Gasteiger partial charge in [0, 0.05) is 0 Å². The molecule has 0 aromatic heterocycles. The zero-order valence-electron chi connectivity index (χ0n) is 21.3. The van der Waals surface area contributed by atoms with Crippen LogP contribution in [-0.2, 0) is 9.59 Å². The lowest BCUT2D eigenvalue weighted by Gasteiger charge is -2.40. The van der Waals surface area contributed by atoms with Crippen molar-refractivity contribution < 1.29 is 19.1 Å². The Balaban J connectivity index is 1.63. The number of benzene rings is 4. The molecular formula is C31H26N2O4S. The molecule has 190 valence electrons. The van der Waals surface area contributed by atoms with Crippen molar-refractivity contribution in [2.24, 2.45) is 0 Å². The Bertz CT molecular complexity index is 1560. The van der Waals surface area contributed by atoms with Gasteiger partial charge in [-0.2, -0.15) is 0 Å². The summed E-state index contributed by atoms with van der Waals surface area (Å²) in [6, 6.07) is 27.8. The minimum Gasteiger partial charge on any atom is -0.497 e. The fourth-order valence-corrected chi connectivity index (χ4v) is 5.10. The van der Waals surface area contributed by atoms with E-state index in [4.69, 9.17) is 21.7 Å². The zero-order chi connectivity index (χ0) is 26.8. The van der Waals surface area contributed by atoms with Gasteiger partial charge < -0.3 is 9.47 Å². The molecule has 0 saturated carbocycles. The van der Waals surface area contributed by atoms with Gasteiger partial charge in [0.1, 0.15) is 17.1 Å². The van der Waals surface area contributed by atoms with Crippen molar-refractivity contribution in [1.29, 1.82) is 0 Å². The van der Waals surface area contributed by atoms with Crippen LogP contribution in [-0.4, -0.2) is 36.0 Å². The lowest BCUT2D eigenvalue weighted by atomic mass is 9.97. The number of rotatable bonds is 6. The molecule has 6 nitrogen and oxygen atoms in total. The molecule has 0 spiro atoms. The van der Waals surface area contributed by atoms with E-state index in [1.54, 1.807) is 68.8 Å². The Morgan fingerprint density at radius 2 is 1.37 bits per heavy atom. The molecule has 38 heavy (non-hydrogen) atoms. The summed E-state index contributed by atoms with van der Waals surface area (Å²) >= 11 is 5.83. The first-order valence-corrected chi connectivity index (χ1v) is 12.5. The molecule has 1 aliphatic heterocycles. The molecule has 1 aliphatic rings. The number of nitrogens with zero attached hydrogens (tertiary/aromatic N) is 2. The predicted molar refractivity (Wildman–Crippen MR) is 153 cm³/mol. The lowest BCUT2D eigenvalue weighted by molar-refractivity contribution is -0.129. The van der Waals surface area contributed by atoms with E-state index in [-0.39, 0.29) is 10.7 Å². The Hall–Kier alpha value is -4.49. The number of anilines is 1. The quantitative estimate of drug-likeness (QED) is 0.172. The van der Waals surface area contributed by atoms with Crippen LogP contribution in [0.3, 0.4) is 0 Å². The van der Waals surface area contributed by atoms with Crippen molar-refractivity contribution in [1.82, 2.24) is 4.90 Å². The van der Waals surface area contributed by atoms with E-state index < -0.39 is 17.9 Å². The molecule has 1 unspecified atom stereocenters. The van der Waals surface area contributed by atoms with Crippen molar-refractivity contribution in [3.63, 3.8) is 0 Å². The van der Waals surface area contributed by atoms with Gasteiger partial charge in [0.25, 0.3) is 11.8 Å². The maximum atomic E-state index is 14.0. The van der Waals surface area contributed by atoms with Crippen molar-refractivity contribution in [2.45, 2.75) is 13.0 Å². The first-order valence-electron chi connectivity index (χ1n) is 12.1. The highest BCUT2D eigenvalue weighted by Crippen LogP contribution is 2.35. The van der Waals surface area contributed by atoms with Crippen LogP contribution in [0.2, 0.25) is 0 Å². The number of hydrogen-bond acceptors (Lipinski definition) is 5. The van der Waals surface area contributed by atoms with E-state index >= 15 is 0 Å². The average Bonchev–Trinajstić information content (AvgIpc) is 2.95. The van der Waals surface area contributed by atoms with Crippen LogP contribution in [0.15, 0.2) is 96.6 Å². The van der Waals surface area contributed by atoms with Gasteiger partial charge >= 0.3 is 0 Å². The summed E-state index contributed by atoms with van der Waals surface area (Å²) in [6.45, 7) is 1.93. The van der Waals surface area contributed by atoms with Crippen molar-refractivity contribution in [2.75, 3.05) is 19.1 Å². The lowest BCUT2D eigenvalue weighted by Crippen LogP contribution is -2.57. The molecule has 7 heteroatoms. The molecule has 4 aromatic carbocycles. The number of thiocarbonyl (C=S) groups is 1. The minimum atomic E-state index is -0.484. The van der Waals surface area contributed by atoms with Crippen LogP contribution in [0.4, 0.5) is 5.69 Å². The molecule has 1 atom stereocenters. The van der Waals surface area contributed by atoms with Crippen molar-refractivity contribution in [3.05, 3.63) is 108 Å². The number of ether oxygens (including phenoxy) is 2. The van der Waals surface area contributed by atoms with Crippen LogP contribution in [0.5, 0.6) is 11.5 Å². The Kier molecular flexibility index (Phi) is 6.94. The van der Waals surface area contributed by atoms with E-state index in [0.717, 1.165) is 16.3 Å². The molecular weight excluding hydrogens is 496 g/mol. The summed E-state index contributed by atoms with van der Waals surface area (Å²) in [5.41, 5.74) is 2.20. The highest BCUT2D eigenvalue weighted by Gasteiger charge is 2.43. The van der Waals surface area contributed by atoms with E-state index in [0.29, 0.717) is 22.7 Å². The monoisotopic (exact) mass is 522 g/mol. The summed E-state index contributed by atoms with van der Waals surface area (Å²) in [7, 11) is 3.16. The van der Waals surface area contributed by atoms with E-state index in [2.05, 4.69) is 0 Å². The number of carbonyl (C=O) groups excluding carboxylic acids is 2. The van der Waals surface area contributed by atoms with Gasteiger partial charge in [0.15, 0.2) is 5.11 Å². The van der Waals surface area contributed by atoms with Gasteiger partial charge in [-0.25, -0.2) is 0 Å². The number of methoxy groups -OCH3 is 2. The maximum Gasteiger partial charge on any atom is 0.270 e. The Morgan fingerprint density at radius 1 is 0.763 bits per heavy atom. The third-order valence-corrected chi connectivity index (χ3v) is 7.08. The summed E-state index contributed by atoms with van der Waals surface area (Å²) in [5, 5.41) is 2.20. The number of fused-ring (bicyclic) bond motifs is 1. The molecule has 0 aliphatic carbocycles. The normalized spacial score (nSPS) is 15.8. The molecule has 2 amide bonds. The van der Waals surface area contributed by atoms with E-state index in [1.165, 1.54) is 9.80 Å². The Labute approximate surface area is 226 Å². The summed E-state index contributed by atoms with van der Waals surface area (Å²) in [4.78, 5) is 30.7. The van der Waals surface area contributed by atoms with Gasteiger partial charge in [-0.1, -0.05) is 54.6 Å². The van der Waals surface area contributed by atoms with Crippen molar-refractivity contribution in [3.8, 4) is 11.5 Å². The van der Waals surface area contributed by atoms with Crippen LogP contribution in [0.1, 0.15) is 24.1 Å². The SMILES string of the molecule is COc1ccc(/C=C2\C(=O)N(c3ccc(OC)cc3)C(=S)N(C(C)c3cccc4ccccc34)C2=O)cc1. The van der Waals surface area contributed by atoms with Gasteiger partial charge in [0.05, 0.1) is 25.9 Å². The second kappa shape index (κ2) is 10.5. The van der Waals surface area contributed by atoms with Crippen molar-refractivity contribution >= 4 is 51.7 Å². The molecule has 0 radical (unpaired) electrons. The van der Waals surface area contributed by atoms with E-state index in [9.17, 15) is 9.59 Å². The third kappa shape index (κ3) is 4.53. The van der Waals surface area contributed by atoms with Crippen LogP contribution < -0.4 is 14.4 Å². The topological polar surface area (TPSA) is 59.1 Å². The Morgan fingerprint density at radius 3 is 2.03 bits per heavy atom. The van der Waals surface area contributed by atoms with Crippen LogP contribution in [0, 0.1) is 0 Å². The molecule has 1 saturated heterocycles. The molecule has 1 heterocycles. The number of hydrogen-bond donors (Lipinski definition) is 0. The van der Waals surface area contributed by atoms with Crippen LogP contribution in [0.25, 0.3) is 16.8 Å². The molecule has 1 fully saturated rings. The highest BCUT2D eigenvalue weighted by atomic mass is 32.1. The van der Waals surface area contributed by atoms with Gasteiger partial charge in [-0.15, -0.1) is 0 Å². The second-order valence-corrected chi connectivity index (χ2v) is 9.24. The molecule has 0 bridgehead atoms. The maximum absolute atomic E-state index is 14.0. The minimum absolute atomic E-state index is 0.0201. The van der Waals surface area contributed by atoms with Gasteiger partial charge in [-0.05, 0) is 83.5 Å². The largest absolute Gasteiger partial charge is 0.497 e. The highest BCUT2D eigenvalue weighted by molar-refractivity contribution is 7.80.